The van der Waals surface area contributed by atoms with Crippen LogP contribution in [0, 0.1) is 0 Å². The molecule has 0 aliphatic heterocycles. The van der Waals surface area contributed by atoms with Gasteiger partial charge in [-0.3, -0.25) is 5.32 Å². The highest BCUT2D eigenvalue weighted by molar-refractivity contribution is 5.13. The zero-order valence-electron chi connectivity index (χ0n) is 8.99. The zero-order valence-corrected chi connectivity index (χ0v) is 8.99. The van der Waals surface area contributed by atoms with Gasteiger partial charge in [0.2, 0.25) is 0 Å². The van der Waals surface area contributed by atoms with Gasteiger partial charge in [0.25, 0.3) is 0 Å². The van der Waals surface area contributed by atoms with Crippen molar-refractivity contribution in [2.24, 2.45) is 0 Å². The van der Waals surface area contributed by atoms with Crippen molar-refractivity contribution in [3.63, 3.8) is 0 Å². The van der Waals surface area contributed by atoms with E-state index < -0.39 is 0 Å². The van der Waals surface area contributed by atoms with Gasteiger partial charge in [-0.15, -0.1) is 0 Å². The van der Waals surface area contributed by atoms with Crippen LogP contribution in [0.2, 0.25) is 0 Å². The molecule has 0 amide bonds. The number of hydrogen-bond acceptors (Lipinski definition) is 2. The predicted octanol–water partition coefficient (Wildman–Crippen LogP) is 2.55. The van der Waals surface area contributed by atoms with E-state index in [1.165, 1.54) is 5.56 Å². The first-order valence-electron chi connectivity index (χ1n) is 5.19. The van der Waals surface area contributed by atoms with Gasteiger partial charge in [-0.25, -0.2) is 0 Å². The number of benzene rings is 1. The Balaban J connectivity index is 2.32. The molecule has 2 nitrogen and oxygen atoms in total. The smallest absolute Gasteiger partial charge is 0.108 e. The molecule has 1 unspecified atom stereocenters. The van der Waals surface area contributed by atoms with Crippen LogP contribution in [-0.2, 0) is 11.3 Å². The van der Waals surface area contributed by atoms with Gasteiger partial charge in [0.15, 0.2) is 0 Å². The van der Waals surface area contributed by atoms with Crippen molar-refractivity contribution in [2.45, 2.75) is 32.6 Å². The Hall–Kier alpha value is -0.860. The van der Waals surface area contributed by atoms with Crippen molar-refractivity contribution in [3.05, 3.63) is 35.9 Å². The lowest BCUT2D eigenvalue weighted by Crippen LogP contribution is -2.27. The summed E-state index contributed by atoms with van der Waals surface area (Å²) in [6.45, 7) is 2.85. The highest BCUT2D eigenvalue weighted by atomic mass is 16.5. The normalized spacial score (nSPS) is 12.7. The summed E-state index contributed by atoms with van der Waals surface area (Å²) in [5.41, 5.74) is 1.23. The monoisotopic (exact) mass is 193 g/mol. The van der Waals surface area contributed by atoms with Crippen molar-refractivity contribution in [2.75, 3.05) is 7.05 Å². The van der Waals surface area contributed by atoms with Crippen LogP contribution in [0.25, 0.3) is 0 Å². The summed E-state index contributed by atoms with van der Waals surface area (Å²) < 4.78 is 5.71. The first kappa shape index (κ1) is 11.2. The van der Waals surface area contributed by atoms with Crippen LogP contribution in [0.15, 0.2) is 30.3 Å². The summed E-state index contributed by atoms with van der Waals surface area (Å²) in [7, 11) is 1.94. The largest absolute Gasteiger partial charge is 0.359 e. The van der Waals surface area contributed by atoms with Crippen LogP contribution in [-0.4, -0.2) is 13.3 Å². The minimum absolute atomic E-state index is 0.181. The molecule has 0 heterocycles. The van der Waals surface area contributed by atoms with Crippen molar-refractivity contribution in [3.8, 4) is 0 Å². The second kappa shape index (κ2) is 6.57. The Bertz CT molecular complexity index is 235. The fraction of sp³-hybridized carbons (Fsp3) is 0.500. The van der Waals surface area contributed by atoms with Gasteiger partial charge in [0.05, 0.1) is 6.61 Å². The zero-order chi connectivity index (χ0) is 10.2. The molecule has 0 aromatic heterocycles. The molecular weight excluding hydrogens is 174 g/mol. The van der Waals surface area contributed by atoms with Crippen LogP contribution in [0.5, 0.6) is 0 Å². The Morgan fingerprint density at radius 1 is 1.29 bits per heavy atom. The molecule has 1 aromatic carbocycles. The molecular formula is C12H19NO. The van der Waals surface area contributed by atoms with E-state index in [4.69, 9.17) is 4.74 Å². The van der Waals surface area contributed by atoms with Gasteiger partial charge in [0.1, 0.15) is 6.23 Å². The highest BCUT2D eigenvalue weighted by Gasteiger charge is 2.03. The molecule has 1 N–H and O–H groups in total. The van der Waals surface area contributed by atoms with E-state index in [9.17, 15) is 0 Å². The number of hydrogen-bond donors (Lipinski definition) is 1. The third-order valence-corrected chi connectivity index (χ3v) is 2.17. The molecule has 2 heteroatoms. The van der Waals surface area contributed by atoms with E-state index in [1.807, 2.05) is 25.2 Å². The molecule has 0 bridgehead atoms. The third kappa shape index (κ3) is 3.90. The van der Waals surface area contributed by atoms with Gasteiger partial charge in [-0.1, -0.05) is 43.7 Å². The van der Waals surface area contributed by atoms with Gasteiger partial charge >= 0.3 is 0 Å². The maximum absolute atomic E-state index is 5.71. The third-order valence-electron chi connectivity index (χ3n) is 2.17. The molecule has 0 saturated carbocycles. The van der Waals surface area contributed by atoms with Crippen LogP contribution < -0.4 is 5.32 Å². The van der Waals surface area contributed by atoms with Crippen LogP contribution in [0.1, 0.15) is 25.3 Å². The lowest BCUT2D eigenvalue weighted by atomic mass is 10.2. The summed E-state index contributed by atoms with van der Waals surface area (Å²) in [6, 6.07) is 10.3. The molecule has 1 aromatic rings. The lowest BCUT2D eigenvalue weighted by molar-refractivity contribution is 0.0169. The fourth-order valence-corrected chi connectivity index (χ4v) is 1.34. The minimum atomic E-state index is 0.181. The second-order valence-corrected chi connectivity index (χ2v) is 3.36. The summed E-state index contributed by atoms with van der Waals surface area (Å²) >= 11 is 0. The molecule has 1 rings (SSSR count). The van der Waals surface area contributed by atoms with E-state index in [0.29, 0.717) is 6.61 Å². The Morgan fingerprint density at radius 3 is 2.57 bits per heavy atom. The van der Waals surface area contributed by atoms with Crippen molar-refractivity contribution in [1.29, 1.82) is 0 Å². The fourth-order valence-electron chi connectivity index (χ4n) is 1.34. The topological polar surface area (TPSA) is 21.3 Å². The van der Waals surface area contributed by atoms with E-state index in [0.717, 1.165) is 12.8 Å². The summed E-state index contributed by atoms with van der Waals surface area (Å²) in [4.78, 5) is 0. The highest BCUT2D eigenvalue weighted by Crippen LogP contribution is 2.05. The molecule has 0 fully saturated rings. The molecule has 0 aliphatic rings. The van der Waals surface area contributed by atoms with Crippen LogP contribution >= 0.6 is 0 Å². The molecule has 0 aliphatic carbocycles. The van der Waals surface area contributed by atoms with Gasteiger partial charge in [-0.05, 0) is 19.0 Å². The number of rotatable bonds is 6. The first-order chi connectivity index (χ1) is 6.86. The average molecular weight is 193 g/mol. The predicted molar refractivity (Wildman–Crippen MR) is 59.0 cm³/mol. The van der Waals surface area contributed by atoms with Gasteiger partial charge in [0, 0.05) is 0 Å². The minimum Gasteiger partial charge on any atom is -0.359 e. The SMILES string of the molecule is CCCC(NC)OCc1ccccc1. The van der Waals surface area contributed by atoms with E-state index in [-0.39, 0.29) is 6.23 Å². The summed E-state index contributed by atoms with van der Waals surface area (Å²) in [5, 5.41) is 3.15. The molecule has 1 atom stereocenters. The molecule has 0 saturated heterocycles. The number of ether oxygens (including phenoxy) is 1. The van der Waals surface area contributed by atoms with Crippen LogP contribution in [0.4, 0.5) is 0 Å². The maximum Gasteiger partial charge on any atom is 0.108 e. The standard InChI is InChI=1S/C12H19NO/c1-3-7-12(13-2)14-10-11-8-5-4-6-9-11/h4-6,8-9,12-13H,3,7,10H2,1-2H3. The van der Waals surface area contributed by atoms with E-state index in [2.05, 4.69) is 24.4 Å². The van der Waals surface area contributed by atoms with E-state index >= 15 is 0 Å². The van der Waals surface area contributed by atoms with Crippen molar-refractivity contribution in [1.82, 2.24) is 5.32 Å². The van der Waals surface area contributed by atoms with E-state index in [1.54, 1.807) is 0 Å². The summed E-state index contributed by atoms with van der Waals surface area (Å²) in [6.07, 6.45) is 2.38. The number of nitrogens with one attached hydrogen (secondary N) is 1. The summed E-state index contributed by atoms with van der Waals surface area (Å²) in [5.74, 6) is 0. The van der Waals surface area contributed by atoms with Crippen molar-refractivity contribution >= 4 is 0 Å². The molecule has 14 heavy (non-hydrogen) atoms. The van der Waals surface area contributed by atoms with Gasteiger partial charge in [-0.2, -0.15) is 0 Å². The first-order valence-corrected chi connectivity index (χ1v) is 5.19. The maximum atomic E-state index is 5.71. The van der Waals surface area contributed by atoms with Crippen molar-refractivity contribution < 1.29 is 4.74 Å². The lowest BCUT2D eigenvalue weighted by Gasteiger charge is -2.16. The Kier molecular flexibility index (Phi) is 5.27. The quantitative estimate of drug-likeness (QED) is 0.701. The molecule has 0 spiro atoms. The average Bonchev–Trinajstić information content (AvgIpc) is 2.25. The molecule has 78 valence electrons. The van der Waals surface area contributed by atoms with Crippen LogP contribution in [0.3, 0.4) is 0 Å². The second-order valence-electron chi connectivity index (χ2n) is 3.36. The van der Waals surface area contributed by atoms with Gasteiger partial charge < -0.3 is 4.74 Å². The Labute approximate surface area is 86.3 Å². The Morgan fingerprint density at radius 2 is 2.00 bits per heavy atom. The molecule has 0 radical (unpaired) electrons.